The van der Waals surface area contributed by atoms with E-state index in [1.165, 1.54) is 36.9 Å². The maximum Gasteiger partial charge on any atom is 0.0658 e. The first-order valence-corrected chi connectivity index (χ1v) is 6.79. The second-order valence-corrected chi connectivity index (χ2v) is 5.35. The van der Waals surface area contributed by atoms with Crippen molar-refractivity contribution in [1.82, 2.24) is 0 Å². The van der Waals surface area contributed by atoms with Gasteiger partial charge in [-0.15, -0.1) is 0 Å². The molecule has 2 nitrogen and oxygen atoms in total. The van der Waals surface area contributed by atoms with Crippen LogP contribution in [-0.4, -0.2) is 13.1 Å². The van der Waals surface area contributed by atoms with Crippen molar-refractivity contribution < 1.29 is 0 Å². The van der Waals surface area contributed by atoms with E-state index in [9.17, 15) is 0 Å². The quantitative estimate of drug-likeness (QED) is 0.768. The van der Waals surface area contributed by atoms with Crippen molar-refractivity contribution in [3.63, 3.8) is 0 Å². The molecule has 1 aliphatic rings. The minimum Gasteiger partial charge on any atom is -0.397 e. The normalized spacial score (nSPS) is 17.0. The molecule has 0 amide bonds. The van der Waals surface area contributed by atoms with E-state index in [1.54, 1.807) is 0 Å². The zero-order valence-electron chi connectivity index (χ0n) is 10.7. The van der Waals surface area contributed by atoms with Crippen molar-refractivity contribution in [2.45, 2.75) is 39.5 Å². The number of anilines is 2. The van der Waals surface area contributed by atoms with E-state index in [4.69, 9.17) is 17.3 Å². The van der Waals surface area contributed by atoms with E-state index < -0.39 is 0 Å². The van der Waals surface area contributed by atoms with Crippen molar-refractivity contribution in [3.05, 3.63) is 22.2 Å². The van der Waals surface area contributed by atoms with Gasteiger partial charge >= 0.3 is 0 Å². The lowest BCUT2D eigenvalue weighted by Crippen LogP contribution is -2.25. The molecule has 0 radical (unpaired) electrons. The lowest BCUT2D eigenvalue weighted by molar-refractivity contribution is 0.726. The Hall–Kier alpha value is -0.890. The molecule has 1 fully saturated rings. The number of rotatable bonds is 1. The number of nitrogens with zero attached hydrogens (tertiary/aromatic N) is 1. The smallest absolute Gasteiger partial charge is 0.0658 e. The summed E-state index contributed by atoms with van der Waals surface area (Å²) in [6, 6.07) is 2.03. The van der Waals surface area contributed by atoms with Crippen LogP contribution in [0.3, 0.4) is 0 Å². The molecule has 94 valence electrons. The molecule has 0 unspecified atom stereocenters. The van der Waals surface area contributed by atoms with Gasteiger partial charge in [-0.05, 0) is 43.9 Å². The fourth-order valence-electron chi connectivity index (χ4n) is 2.52. The van der Waals surface area contributed by atoms with Gasteiger partial charge in [-0.1, -0.05) is 24.4 Å². The summed E-state index contributed by atoms with van der Waals surface area (Å²) in [5.74, 6) is 0. The Kier molecular flexibility index (Phi) is 3.82. The highest BCUT2D eigenvalue weighted by atomic mass is 35.5. The summed E-state index contributed by atoms with van der Waals surface area (Å²) in [6.07, 6.45) is 5.25. The number of halogens is 1. The van der Waals surface area contributed by atoms with Crippen LogP contribution in [-0.2, 0) is 0 Å². The van der Waals surface area contributed by atoms with Gasteiger partial charge < -0.3 is 10.6 Å². The van der Waals surface area contributed by atoms with E-state index in [-0.39, 0.29) is 0 Å². The Morgan fingerprint density at radius 1 is 1.06 bits per heavy atom. The van der Waals surface area contributed by atoms with Gasteiger partial charge in [0.1, 0.15) is 0 Å². The molecule has 0 saturated carbocycles. The molecule has 1 aromatic carbocycles. The second-order valence-electron chi connectivity index (χ2n) is 4.94. The van der Waals surface area contributed by atoms with Crippen LogP contribution in [0.4, 0.5) is 11.4 Å². The van der Waals surface area contributed by atoms with Crippen LogP contribution in [0, 0.1) is 13.8 Å². The average molecular weight is 253 g/mol. The number of benzene rings is 1. The molecule has 17 heavy (non-hydrogen) atoms. The summed E-state index contributed by atoms with van der Waals surface area (Å²) in [4.78, 5) is 2.46. The summed E-state index contributed by atoms with van der Waals surface area (Å²) < 4.78 is 0. The van der Waals surface area contributed by atoms with Crippen LogP contribution >= 0.6 is 11.6 Å². The summed E-state index contributed by atoms with van der Waals surface area (Å²) in [5, 5.41) is 0.687. The summed E-state index contributed by atoms with van der Waals surface area (Å²) in [7, 11) is 0. The predicted molar refractivity (Wildman–Crippen MR) is 76.0 cm³/mol. The number of nitrogen functional groups attached to an aromatic ring is 1. The summed E-state index contributed by atoms with van der Waals surface area (Å²) >= 11 is 6.20. The lowest BCUT2D eigenvalue weighted by Gasteiger charge is -2.26. The topological polar surface area (TPSA) is 29.3 Å². The standard InChI is InChI=1S/C14H21ClN2/c1-10-11(2)14(16)12(15)9-13(10)17-7-5-3-4-6-8-17/h9H,3-8,16H2,1-2H3. The molecular formula is C14H21ClN2. The molecule has 1 aromatic rings. The van der Waals surface area contributed by atoms with Crippen molar-refractivity contribution >= 4 is 23.0 Å². The number of nitrogens with two attached hydrogens (primary N) is 1. The second kappa shape index (κ2) is 5.18. The average Bonchev–Trinajstić information content (AvgIpc) is 2.60. The van der Waals surface area contributed by atoms with Gasteiger partial charge in [-0.25, -0.2) is 0 Å². The summed E-state index contributed by atoms with van der Waals surface area (Å²) in [5.41, 5.74) is 10.3. The molecular weight excluding hydrogens is 232 g/mol. The van der Waals surface area contributed by atoms with Crippen LogP contribution in [0.2, 0.25) is 5.02 Å². The SMILES string of the molecule is Cc1c(N2CCCCCC2)cc(Cl)c(N)c1C. The third-order valence-electron chi connectivity index (χ3n) is 3.82. The van der Waals surface area contributed by atoms with Gasteiger partial charge in [0.15, 0.2) is 0 Å². The van der Waals surface area contributed by atoms with Crippen molar-refractivity contribution in [3.8, 4) is 0 Å². The predicted octanol–water partition coefficient (Wildman–Crippen LogP) is 3.92. The molecule has 1 aliphatic heterocycles. The van der Waals surface area contributed by atoms with Gasteiger partial charge in [0.05, 0.1) is 10.7 Å². The maximum atomic E-state index is 6.20. The highest BCUT2D eigenvalue weighted by Gasteiger charge is 2.15. The monoisotopic (exact) mass is 252 g/mol. The largest absolute Gasteiger partial charge is 0.397 e. The zero-order valence-corrected chi connectivity index (χ0v) is 11.5. The first kappa shape index (κ1) is 12.6. The van der Waals surface area contributed by atoms with Crippen molar-refractivity contribution in [2.75, 3.05) is 23.7 Å². The van der Waals surface area contributed by atoms with Crippen LogP contribution in [0.5, 0.6) is 0 Å². The van der Waals surface area contributed by atoms with E-state index in [0.29, 0.717) is 5.02 Å². The van der Waals surface area contributed by atoms with Crippen molar-refractivity contribution in [2.24, 2.45) is 0 Å². The molecule has 0 bridgehead atoms. The van der Waals surface area contributed by atoms with Crippen LogP contribution < -0.4 is 10.6 Å². The highest BCUT2D eigenvalue weighted by Crippen LogP contribution is 2.34. The fraction of sp³-hybridized carbons (Fsp3) is 0.571. The molecule has 0 atom stereocenters. The van der Waals surface area contributed by atoms with E-state index in [0.717, 1.165) is 24.3 Å². The molecule has 2 rings (SSSR count). The van der Waals surface area contributed by atoms with E-state index >= 15 is 0 Å². The Bertz CT molecular complexity index is 407. The minimum absolute atomic E-state index is 0.687. The number of hydrogen-bond acceptors (Lipinski definition) is 2. The Balaban J connectivity index is 2.37. The number of hydrogen-bond donors (Lipinski definition) is 1. The lowest BCUT2D eigenvalue weighted by atomic mass is 10.0. The molecule has 2 N–H and O–H groups in total. The van der Waals surface area contributed by atoms with Crippen LogP contribution in [0.15, 0.2) is 6.07 Å². The molecule has 1 saturated heterocycles. The van der Waals surface area contributed by atoms with Crippen LogP contribution in [0.25, 0.3) is 0 Å². The van der Waals surface area contributed by atoms with Crippen molar-refractivity contribution in [1.29, 1.82) is 0 Å². The third-order valence-corrected chi connectivity index (χ3v) is 4.13. The van der Waals surface area contributed by atoms with E-state index in [1.807, 2.05) is 6.07 Å². The van der Waals surface area contributed by atoms with E-state index in [2.05, 4.69) is 18.7 Å². The van der Waals surface area contributed by atoms with Gasteiger partial charge in [-0.2, -0.15) is 0 Å². The Labute approximate surface area is 109 Å². The van der Waals surface area contributed by atoms with Gasteiger partial charge in [0.25, 0.3) is 0 Å². The molecule has 3 heteroatoms. The molecule has 0 aromatic heterocycles. The third kappa shape index (κ3) is 2.52. The first-order chi connectivity index (χ1) is 8.11. The minimum atomic E-state index is 0.687. The Morgan fingerprint density at radius 2 is 1.65 bits per heavy atom. The fourth-order valence-corrected chi connectivity index (χ4v) is 2.76. The Morgan fingerprint density at radius 3 is 2.24 bits per heavy atom. The maximum absolute atomic E-state index is 6.20. The highest BCUT2D eigenvalue weighted by molar-refractivity contribution is 6.33. The first-order valence-electron chi connectivity index (χ1n) is 6.41. The molecule has 0 spiro atoms. The molecule has 0 aliphatic carbocycles. The van der Waals surface area contributed by atoms with Gasteiger partial charge in [0.2, 0.25) is 0 Å². The zero-order chi connectivity index (χ0) is 12.4. The van der Waals surface area contributed by atoms with Gasteiger partial charge in [-0.3, -0.25) is 0 Å². The van der Waals surface area contributed by atoms with Crippen LogP contribution in [0.1, 0.15) is 36.8 Å². The molecule has 1 heterocycles. The summed E-state index contributed by atoms with van der Waals surface area (Å²) in [6.45, 7) is 6.47. The van der Waals surface area contributed by atoms with Gasteiger partial charge in [0, 0.05) is 18.8 Å².